The molecule has 0 aliphatic carbocycles. The molecule has 1 rings (SSSR count). The largest absolute Gasteiger partial charge is 0.480 e. The maximum absolute atomic E-state index is 12.2. The zero-order chi connectivity index (χ0) is 16.9. The first-order valence-electron chi connectivity index (χ1n) is 7.66. The molecule has 126 valence electrons. The first-order valence-corrected chi connectivity index (χ1v) is 7.66. The van der Waals surface area contributed by atoms with Crippen LogP contribution in [0.15, 0.2) is 0 Å². The molecule has 1 fully saturated rings. The SMILES string of the molecule is CC(C)C[C@H](NC(=O)[C@H]1CC(=O)N(CCN(C)C)C1)C(=O)O. The van der Waals surface area contributed by atoms with Crippen LogP contribution in [0.2, 0.25) is 0 Å². The highest BCUT2D eigenvalue weighted by Gasteiger charge is 2.35. The summed E-state index contributed by atoms with van der Waals surface area (Å²) in [6.07, 6.45) is 0.541. The molecule has 0 saturated carbocycles. The number of nitrogens with one attached hydrogen (secondary N) is 1. The number of carboxylic acids is 1. The van der Waals surface area contributed by atoms with Gasteiger partial charge in [-0.1, -0.05) is 13.8 Å². The minimum atomic E-state index is -1.03. The molecule has 0 aromatic rings. The molecule has 22 heavy (non-hydrogen) atoms. The summed E-state index contributed by atoms with van der Waals surface area (Å²) in [6, 6.07) is -0.890. The van der Waals surface area contributed by atoms with Gasteiger partial charge < -0.3 is 20.2 Å². The van der Waals surface area contributed by atoms with Crippen LogP contribution >= 0.6 is 0 Å². The number of likely N-dealkylation sites (N-methyl/N-ethyl adjacent to an activating group) is 1. The normalized spacial score (nSPS) is 19.8. The van der Waals surface area contributed by atoms with Gasteiger partial charge in [0, 0.05) is 26.1 Å². The third-order valence-corrected chi connectivity index (χ3v) is 3.72. The smallest absolute Gasteiger partial charge is 0.326 e. The second-order valence-electron chi connectivity index (χ2n) is 6.57. The van der Waals surface area contributed by atoms with Crippen LogP contribution < -0.4 is 5.32 Å². The summed E-state index contributed by atoms with van der Waals surface area (Å²) in [5.74, 6) is -1.70. The van der Waals surface area contributed by atoms with Gasteiger partial charge in [-0.3, -0.25) is 9.59 Å². The molecule has 1 aliphatic heterocycles. The van der Waals surface area contributed by atoms with Gasteiger partial charge >= 0.3 is 5.97 Å². The van der Waals surface area contributed by atoms with Crippen LogP contribution in [0.25, 0.3) is 0 Å². The van der Waals surface area contributed by atoms with E-state index in [9.17, 15) is 14.4 Å². The van der Waals surface area contributed by atoms with Gasteiger partial charge in [-0.2, -0.15) is 0 Å². The van der Waals surface area contributed by atoms with E-state index in [4.69, 9.17) is 5.11 Å². The van der Waals surface area contributed by atoms with Gasteiger partial charge in [0.15, 0.2) is 0 Å². The second kappa shape index (κ2) is 8.12. The van der Waals surface area contributed by atoms with E-state index >= 15 is 0 Å². The van der Waals surface area contributed by atoms with Gasteiger partial charge in [0.2, 0.25) is 11.8 Å². The van der Waals surface area contributed by atoms with E-state index in [1.54, 1.807) is 4.90 Å². The number of nitrogens with zero attached hydrogens (tertiary/aromatic N) is 2. The Morgan fingerprint density at radius 1 is 1.41 bits per heavy atom. The number of hydrogen-bond donors (Lipinski definition) is 2. The van der Waals surface area contributed by atoms with Crippen molar-refractivity contribution in [2.75, 3.05) is 33.7 Å². The topological polar surface area (TPSA) is 90.0 Å². The van der Waals surface area contributed by atoms with Crippen molar-refractivity contribution < 1.29 is 19.5 Å². The molecule has 2 atom stereocenters. The highest BCUT2D eigenvalue weighted by molar-refractivity contribution is 5.91. The van der Waals surface area contributed by atoms with Crippen molar-refractivity contribution in [3.63, 3.8) is 0 Å². The zero-order valence-corrected chi connectivity index (χ0v) is 13.8. The Kier molecular flexibility index (Phi) is 6.80. The Morgan fingerprint density at radius 3 is 2.55 bits per heavy atom. The number of carbonyl (C=O) groups is 3. The predicted molar refractivity (Wildman–Crippen MR) is 82.3 cm³/mol. The van der Waals surface area contributed by atoms with Crippen LogP contribution in [-0.4, -0.2) is 72.5 Å². The molecule has 7 heteroatoms. The molecule has 0 radical (unpaired) electrons. The first kappa shape index (κ1) is 18.4. The summed E-state index contributed by atoms with van der Waals surface area (Å²) in [7, 11) is 3.85. The zero-order valence-electron chi connectivity index (χ0n) is 13.8. The van der Waals surface area contributed by atoms with Crippen molar-refractivity contribution in [3.05, 3.63) is 0 Å². The fraction of sp³-hybridized carbons (Fsp3) is 0.800. The third-order valence-electron chi connectivity index (χ3n) is 3.72. The molecule has 7 nitrogen and oxygen atoms in total. The predicted octanol–water partition coefficient (Wildman–Crippen LogP) is 0.0120. The Hall–Kier alpha value is -1.63. The van der Waals surface area contributed by atoms with Gasteiger partial charge in [0.1, 0.15) is 6.04 Å². The fourth-order valence-electron chi connectivity index (χ4n) is 2.47. The van der Waals surface area contributed by atoms with Gasteiger partial charge in [-0.15, -0.1) is 0 Å². The molecule has 0 unspecified atom stereocenters. The summed E-state index contributed by atoms with van der Waals surface area (Å²) in [4.78, 5) is 39.0. The molecule has 1 heterocycles. The molecule has 0 bridgehead atoms. The number of aliphatic carboxylic acids is 1. The molecule has 1 aliphatic rings. The van der Waals surface area contributed by atoms with E-state index in [0.29, 0.717) is 19.5 Å². The lowest BCUT2D eigenvalue weighted by Crippen LogP contribution is -2.45. The molecule has 0 spiro atoms. The van der Waals surface area contributed by atoms with Crippen LogP contribution in [0.1, 0.15) is 26.7 Å². The van der Waals surface area contributed by atoms with Crippen molar-refractivity contribution in [1.29, 1.82) is 0 Å². The minimum absolute atomic E-state index is 0.0438. The van der Waals surface area contributed by atoms with Crippen LogP contribution in [0.3, 0.4) is 0 Å². The van der Waals surface area contributed by atoms with Crippen LogP contribution in [-0.2, 0) is 14.4 Å². The van der Waals surface area contributed by atoms with E-state index in [1.165, 1.54) is 0 Å². The molecule has 0 aromatic heterocycles. The van der Waals surface area contributed by atoms with Gasteiger partial charge in [-0.05, 0) is 26.4 Å². The third kappa shape index (κ3) is 5.63. The van der Waals surface area contributed by atoms with E-state index in [0.717, 1.165) is 6.54 Å². The summed E-state index contributed by atoms with van der Waals surface area (Å²) >= 11 is 0. The Balaban J connectivity index is 2.55. The number of hydrogen-bond acceptors (Lipinski definition) is 4. The minimum Gasteiger partial charge on any atom is -0.480 e. The molecule has 2 amide bonds. The maximum Gasteiger partial charge on any atom is 0.326 e. The number of likely N-dealkylation sites (tertiary alicyclic amines) is 1. The lowest BCUT2D eigenvalue weighted by atomic mass is 10.0. The molecule has 1 saturated heterocycles. The maximum atomic E-state index is 12.2. The van der Waals surface area contributed by atoms with E-state index in [-0.39, 0.29) is 24.2 Å². The van der Waals surface area contributed by atoms with Crippen molar-refractivity contribution in [3.8, 4) is 0 Å². The standard InChI is InChI=1S/C15H27N3O4/c1-10(2)7-12(15(21)22)16-14(20)11-8-13(19)18(9-11)6-5-17(3)4/h10-12H,5-9H2,1-4H3,(H,16,20)(H,21,22)/t11-,12-/m0/s1. The molecular weight excluding hydrogens is 286 g/mol. The molecule has 0 aromatic carbocycles. The average Bonchev–Trinajstić information content (AvgIpc) is 2.76. The highest BCUT2D eigenvalue weighted by Crippen LogP contribution is 2.18. The van der Waals surface area contributed by atoms with E-state index in [1.807, 2.05) is 32.8 Å². The summed E-state index contributed by atoms with van der Waals surface area (Å²) in [6.45, 7) is 5.51. The second-order valence-corrected chi connectivity index (χ2v) is 6.57. The molecule has 2 N–H and O–H groups in total. The van der Waals surface area contributed by atoms with E-state index < -0.39 is 17.9 Å². The van der Waals surface area contributed by atoms with Gasteiger partial charge in [-0.25, -0.2) is 4.79 Å². The van der Waals surface area contributed by atoms with Crippen molar-refractivity contribution in [2.45, 2.75) is 32.7 Å². The van der Waals surface area contributed by atoms with Gasteiger partial charge in [0.05, 0.1) is 5.92 Å². The Bertz CT molecular complexity index is 423. The van der Waals surface area contributed by atoms with Crippen molar-refractivity contribution >= 4 is 17.8 Å². The van der Waals surface area contributed by atoms with Crippen molar-refractivity contribution in [2.24, 2.45) is 11.8 Å². The number of amides is 2. The Morgan fingerprint density at radius 2 is 2.05 bits per heavy atom. The lowest BCUT2D eigenvalue weighted by molar-refractivity contribution is -0.142. The monoisotopic (exact) mass is 313 g/mol. The first-order chi connectivity index (χ1) is 10.2. The summed E-state index contributed by atoms with van der Waals surface area (Å²) in [5, 5.41) is 11.7. The van der Waals surface area contributed by atoms with Crippen LogP contribution in [0, 0.1) is 11.8 Å². The summed E-state index contributed by atoms with van der Waals surface area (Å²) < 4.78 is 0. The Labute approximate surface area is 131 Å². The van der Waals surface area contributed by atoms with Gasteiger partial charge in [0.25, 0.3) is 0 Å². The average molecular weight is 313 g/mol. The fourth-order valence-corrected chi connectivity index (χ4v) is 2.47. The number of carbonyl (C=O) groups excluding carboxylic acids is 2. The van der Waals surface area contributed by atoms with E-state index in [2.05, 4.69) is 5.32 Å². The van der Waals surface area contributed by atoms with Crippen molar-refractivity contribution in [1.82, 2.24) is 15.1 Å². The highest BCUT2D eigenvalue weighted by atomic mass is 16.4. The number of rotatable bonds is 8. The van der Waals surface area contributed by atoms with Crippen LogP contribution in [0.4, 0.5) is 0 Å². The quantitative estimate of drug-likeness (QED) is 0.659. The lowest BCUT2D eigenvalue weighted by Gasteiger charge is -2.20. The van der Waals surface area contributed by atoms with Crippen LogP contribution in [0.5, 0.6) is 0 Å². The number of carboxylic acid groups (broad SMARTS) is 1. The summed E-state index contributed by atoms with van der Waals surface area (Å²) in [5.41, 5.74) is 0. The molecular formula is C15H27N3O4.